The summed E-state index contributed by atoms with van der Waals surface area (Å²) in [4.78, 5) is 0. The number of quaternary nitrogens is 2. The number of hydrogen-bond acceptors (Lipinski definition) is 6. The maximum Gasteiger partial charge on any atom is 0.0988 e. The first-order valence-corrected chi connectivity index (χ1v) is 7.26. The van der Waals surface area contributed by atoms with Crippen LogP contribution in [-0.2, 0) is 31.7 Å². The van der Waals surface area contributed by atoms with Gasteiger partial charge >= 0.3 is 0 Å². The van der Waals surface area contributed by atoms with Crippen LogP contribution < -0.4 is 12.3 Å². The van der Waals surface area contributed by atoms with Gasteiger partial charge in [0, 0.05) is 0 Å². The molecule has 1 aromatic carbocycles. The molecule has 1 rings (SSSR count). The van der Waals surface area contributed by atoms with Crippen LogP contribution >= 0.6 is 0 Å². The average molecular weight is 300 g/mol. The summed E-state index contributed by atoms with van der Waals surface area (Å²) in [5, 5.41) is 0. The Morgan fingerprint density at radius 3 is 1.44 bits per heavy atom. The molecule has 0 bridgehead atoms. The summed E-state index contributed by atoms with van der Waals surface area (Å²) in [6.45, 7) is 0. The van der Waals surface area contributed by atoms with Crippen molar-refractivity contribution in [2.75, 3.05) is 0 Å². The van der Waals surface area contributed by atoms with Crippen molar-refractivity contribution in [1.82, 2.24) is 12.3 Å². The molecule has 106 valence electrons. The fourth-order valence-electron chi connectivity index (χ4n) is 1.22. The summed E-state index contributed by atoms with van der Waals surface area (Å²) < 4.78 is 62.8. The first-order chi connectivity index (χ1) is 7.16. The SMILES string of the molecule is O=S(=O)([O-])Cc1cccc(CS(=O)(=O)[O-])c1.[NH4+].[NH4+]. The highest BCUT2D eigenvalue weighted by atomic mass is 32.2. The summed E-state index contributed by atoms with van der Waals surface area (Å²) >= 11 is 0. The van der Waals surface area contributed by atoms with Gasteiger partial charge in [-0.2, -0.15) is 0 Å². The number of rotatable bonds is 4. The Balaban J connectivity index is 0. The first-order valence-electron chi connectivity index (χ1n) is 4.11. The monoisotopic (exact) mass is 300 g/mol. The fraction of sp³-hybridized carbons (Fsp3) is 0.250. The molecular weight excluding hydrogens is 284 g/mol. The second-order valence-electron chi connectivity index (χ2n) is 3.22. The molecule has 10 heteroatoms. The lowest BCUT2D eigenvalue weighted by atomic mass is 10.2. The van der Waals surface area contributed by atoms with E-state index in [0.717, 1.165) is 0 Å². The molecule has 8 N–H and O–H groups in total. The Morgan fingerprint density at radius 2 is 1.17 bits per heavy atom. The van der Waals surface area contributed by atoms with Crippen molar-refractivity contribution in [3.05, 3.63) is 35.4 Å². The van der Waals surface area contributed by atoms with E-state index in [9.17, 15) is 25.9 Å². The van der Waals surface area contributed by atoms with Gasteiger partial charge < -0.3 is 21.4 Å². The second-order valence-corrected chi connectivity index (χ2v) is 6.03. The normalized spacial score (nSPS) is 11.2. The van der Waals surface area contributed by atoms with Gasteiger partial charge in [0.05, 0.1) is 31.7 Å². The molecule has 0 saturated carbocycles. The number of hydrogen-bond donors (Lipinski definition) is 2. The lowest BCUT2D eigenvalue weighted by Crippen LogP contribution is -2.05. The predicted molar refractivity (Wildman–Crippen MR) is 65.2 cm³/mol. The van der Waals surface area contributed by atoms with Crippen LogP contribution in [-0.4, -0.2) is 25.9 Å². The van der Waals surface area contributed by atoms with Gasteiger partial charge in [-0.1, -0.05) is 24.3 Å². The van der Waals surface area contributed by atoms with Crippen molar-refractivity contribution in [2.24, 2.45) is 0 Å². The Bertz CT molecular complexity index is 532. The molecule has 0 radical (unpaired) electrons. The molecular formula is C8H16N2O6S2. The number of benzene rings is 1. The predicted octanol–water partition coefficient (Wildman–Crippen LogP) is 0.529. The Labute approximate surface area is 106 Å². The second kappa shape index (κ2) is 6.78. The molecule has 0 unspecified atom stereocenters. The molecule has 0 aliphatic rings. The van der Waals surface area contributed by atoms with Crippen LogP contribution in [0.25, 0.3) is 0 Å². The lowest BCUT2D eigenvalue weighted by molar-refractivity contribution is 0.460. The molecule has 0 atom stereocenters. The molecule has 0 fully saturated rings. The summed E-state index contributed by atoms with van der Waals surface area (Å²) in [6, 6.07) is 5.35. The fourth-order valence-corrected chi connectivity index (χ4v) is 2.39. The zero-order chi connectivity index (χ0) is 12.4. The average Bonchev–Trinajstić information content (AvgIpc) is 1.96. The molecule has 8 nitrogen and oxygen atoms in total. The van der Waals surface area contributed by atoms with E-state index in [-0.39, 0.29) is 23.4 Å². The highest BCUT2D eigenvalue weighted by Crippen LogP contribution is 2.10. The van der Waals surface area contributed by atoms with Gasteiger partial charge in [-0.25, -0.2) is 16.8 Å². The van der Waals surface area contributed by atoms with Gasteiger partial charge in [0.2, 0.25) is 0 Å². The van der Waals surface area contributed by atoms with Gasteiger partial charge in [0.15, 0.2) is 0 Å². The van der Waals surface area contributed by atoms with E-state index in [4.69, 9.17) is 0 Å². The Morgan fingerprint density at radius 1 is 0.833 bits per heavy atom. The van der Waals surface area contributed by atoms with E-state index in [1.807, 2.05) is 0 Å². The van der Waals surface area contributed by atoms with Crippen LogP contribution in [0, 0.1) is 0 Å². The maximum absolute atomic E-state index is 10.5. The molecule has 0 aliphatic carbocycles. The van der Waals surface area contributed by atoms with Crippen molar-refractivity contribution < 1.29 is 25.9 Å². The van der Waals surface area contributed by atoms with E-state index in [1.54, 1.807) is 0 Å². The van der Waals surface area contributed by atoms with Crippen molar-refractivity contribution in [3.8, 4) is 0 Å². The summed E-state index contributed by atoms with van der Waals surface area (Å²) in [6.07, 6.45) is 0. The highest BCUT2D eigenvalue weighted by Gasteiger charge is 2.03. The molecule has 0 spiro atoms. The minimum Gasteiger partial charge on any atom is -0.748 e. The Hall–Kier alpha value is -1.04. The van der Waals surface area contributed by atoms with Crippen molar-refractivity contribution in [2.45, 2.75) is 11.5 Å². The van der Waals surface area contributed by atoms with Gasteiger partial charge in [-0.3, -0.25) is 0 Å². The third-order valence-electron chi connectivity index (χ3n) is 1.68. The standard InChI is InChI=1S/C8H10O6S2.2H3N/c9-15(10,11)5-7-2-1-3-8(4-7)6-16(12,13)14;;/h1-4H,5-6H2,(H,9,10,11)(H,12,13,14);2*1H3. The van der Waals surface area contributed by atoms with Crippen LogP contribution in [0.2, 0.25) is 0 Å². The van der Waals surface area contributed by atoms with Crippen molar-refractivity contribution >= 4 is 20.2 Å². The molecule has 0 aliphatic heterocycles. The van der Waals surface area contributed by atoms with Crippen molar-refractivity contribution in [3.63, 3.8) is 0 Å². The molecule has 0 saturated heterocycles. The van der Waals surface area contributed by atoms with E-state index >= 15 is 0 Å². The highest BCUT2D eigenvalue weighted by molar-refractivity contribution is 7.85. The summed E-state index contributed by atoms with van der Waals surface area (Å²) in [5.74, 6) is -1.44. The molecule has 0 aromatic heterocycles. The van der Waals surface area contributed by atoms with Crippen LogP contribution in [0.15, 0.2) is 24.3 Å². The van der Waals surface area contributed by atoms with Gasteiger partial charge in [-0.15, -0.1) is 0 Å². The van der Waals surface area contributed by atoms with Gasteiger partial charge in [-0.05, 0) is 11.1 Å². The van der Waals surface area contributed by atoms with Crippen LogP contribution in [0.5, 0.6) is 0 Å². The van der Waals surface area contributed by atoms with Crippen LogP contribution in [0.3, 0.4) is 0 Å². The molecule has 0 amide bonds. The first kappa shape index (κ1) is 19.3. The summed E-state index contributed by atoms with van der Waals surface area (Å²) in [5.41, 5.74) is 0.326. The third kappa shape index (κ3) is 8.11. The zero-order valence-electron chi connectivity index (χ0n) is 9.99. The van der Waals surface area contributed by atoms with E-state index in [0.29, 0.717) is 0 Å². The van der Waals surface area contributed by atoms with Crippen molar-refractivity contribution in [1.29, 1.82) is 0 Å². The molecule has 18 heavy (non-hydrogen) atoms. The third-order valence-corrected chi connectivity index (χ3v) is 3.05. The van der Waals surface area contributed by atoms with E-state index in [1.165, 1.54) is 24.3 Å². The van der Waals surface area contributed by atoms with Gasteiger partial charge in [0.25, 0.3) is 0 Å². The van der Waals surface area contributed by atoms with Gasteiger partial charge in [0.1, 0.15) is 0 Å². The van der Waals surface area contributed by atoms with E-state index in [2.05, 4.69) is 0 Å². The Kier molecular flexibility index (Phi) is 7.27. The zero-order valence-corrected chi connectivity index (χ0v) is 11.6. The van der Waals surface area contributed by atoms with Crippen LogP contribution in [0.1, 0.15) is 11.1 Å². The van der Waals surface area contributed by atoms with Crippen LogP contribution in [0.4, 0.5) is 0 Å². The molecule has 1 aromatic rings. The largest absolute Gasteiger partial charge is 0.748 e. The van der Waals surface area contributed by atoms with E-state index < -0.39 is 31.7 Å². The topological polar surface area (TPSA) is 187 Å². The minimum atomic E-state index is -4.42. The molecule has 0 heterocycles. The minimum absolute atomic E-state index is 0. The smallest absolute Gasteiger partial charge is 0.0988 e. The maximum atomic E-state index is 10.5. The lowest BCUT2D eigenvalue weighted by Gasteiger charge is -2.10. The quantitative estimate of drug-likeness (QED) is 0.762. The summed E-state index contributed by atoms with van der Waals surface area (Å²) in [7, 11) is -8.83.